The number of nitrogens with one attached hydrogen (secondary N) is 2. The average molecular weight is 384 g/mol. The van der Waals surface area contributed by atoms with Crippen LogP contribution in [0.5, 0.6) is 0 Å². The summed E-state index contributed by atoms with van der Waals surface area (Å²) >= 11 is 0. The summed E-state index contributed by atoms with van der Waals surface area (Å²) in [5, 5.41) is 2.61. The van der Waals surface area contributed by atoms with Gasteiger partial charge in [0.05, 0.1) is 5.75 Å². The van der Waals surface area contributed by atoms with Crippen LogP contribution in [0, 0.1) is 0 Å². The molecule has 1 aliphatic rings. The number of rotatable bonds is 6. The van der Waals surface area contributed by atoms with Gasteiger partial charge in [-0.2, -0.15) is 0 Å². The van der Waals surface area contributed by atoms with Crippen molar-refractivity contribution in [2.75, 3.05) is 35.4 Å². The molecule has 26 heavy (non-hydrogen) atoms. The number of benzene rings is 1. The lowest BCUT2D eigenvalue weighted by Crippen LogP contribution is -2.35. The Hall–Kier alpha value is -1.80. The number of sulfonamides is 1. The van der Waals surface area contributed by atoms with Gasteiger partial charge in [-0.3, -0.25) is 10.0 Å². The van der Waals surface area contributed by atoms with Gasteiger partial charge in [0, 0.05) is 17.9 Å². The quantitative estimate of drug-likeness (QED) is 0.787. The summed E-state index contributed by atoms with van der Waals surface area (Å²) in [5.74, 6) is 0.0743. The summed E-state index contributed by atoms with van der Waals surface area (Å²) in [7, 11) is -3.40. The number of ether oxygens (including phenoxy) is 1. The van der Waals surface area contributed by atoms with Crippen LogP contribution >= 0.6 is 0 Å². The molecule has 146 valence electrons. The van der Waals surface area contributed by atoms with Crippen LogP contribution in [0.15, 0.2) is 24.3 Å². The van der Waals surface area contributed by atoms with E-state index in [-0.39, 0.29) is 5.75 Å². The SMILES string of the molecule is CC(C)(C)OC(=O)Nc1ccc(NS(=O)(=O)CCN2CCCCC2)cc1. The van der Waals surface area contributed by atoms with Crippen LogP contribution in [0.4, 0.5) is 16.2 Å². The van der Waals surface area contributed by atoms with E-state index < -0.39 is 21.7 Å². The maximum atomic E-state index is 12.2. The van der Waals surface area contributed by atoms with Gasteiger partial charge in [0.15, 0.2) is 0 Å². The summed E-state index contributed by atoms with van der Waals surface area (Å²) < 4.78 is 32.2. The monoisotopic (exact) mass is 383 g/mol. The number of likely N-dealkylation sites (tertiary alicyclic amines) is 1. The lowest BCUT2D eigenvalue weighted by atomic mass is 10.1. The molecule has 0 spiro atoms. The van der Waals surface area contributed by atoms with Gasteiger partial charge < -0.3 is 9.64 Å². The van der Waals surface area contributed by atoms with E-state index in [0.29, 0.717) is 17.9 Å². The Kier molecular flexibility index (Phi) is 6.88. The van der Waals surface area contributed by atoms with E-state index in [1.54, 1.807) is 45.0 Å². The first-order chi connectivity index (χ1) is 12.1. The molecule has 1 aromatic carbocycles. The highest BCUT2D eigenvalue weighted by Gasteiger charge is 2.17. The standard InChI is InChI=1S/C18H29N3O4S/c1-18(2,3)25-17(22)19-15-7-9-16(10-8-15)20-26(23,24)14-13-21-11-5-4-6-12-21/h7-10,20H,4-6,11-14H2,1-3H3,(H,19,22). The second-order valence-corrected chi connectivity index (χ2v) is 9.37. The minimum absolute atomic E-state index is 0.0743. The lowest BCUT2D eigenvalue weighted by molar-refractivity contribution is 0.0636. The first-order valence-corrected chi connectivity index (χ1v) is 10.6. The van der Waals surface area contributed by atoms with E-state index in [2.05, 4.69) is 14.9 Å². The molecule has 0 unspecified atom stereocenters. The van der Waals surface area contributed by atoms with Gasteiger partial charge in [0.25, 0.3) is 0 Å². The normalized spacial score (nSPS) is 16.1. The van der Waals surface area contributed by atoms with Gasteiger partial charge in [0.1, 0.15) is 5.60 Å². The van der Waals surface area contributed by atoms with Crippen LogP contribution in [0.1, 0.15) is 40.0 Å². The Morgan fingerprint density at radius 3 is 2.23 bits per heavy atom. The Morgan fingerprint density at radius 1 is 1.08 bits per heavy atom. The number of nitrogens with zero attached hydrogens (tertiary/aromatic N) is 1. The van der Waals surface area contributed by atoms with Crippen molar-refractivity contribution in [3.63, 3.8) is 0 Å². The first kappa shape index (κ1) is 20.5. The zero-order valence-electron chi connectivity index (χ0n) is 15.7. The molecule has 8 heteroatoms. The second-order valence-electron chi connectivity index (χ2n) is 7.53. The van der Waals surface area contributed by atoms with Crippen molar-refractivity contribution in [1.82, 2.24) is 4.90 Å². The second kappa shape index (κ2) is 8.73. The predicted molar refractivity (Wildman–Crippen MR) is 104 cm³/mol. The molecule has 2 rings (SSSR count). The highest BCUT2D eigenvalue weighted by atomic mass is 32.2. The Labute approximate surface area is 156 Å². The van der Waals surface area contributed by atoms with Crippen LogP contribution in [-0.4, -0.2) is 50.4 Å². The van der Waals surface area contributed by atoms with E-state index in [0.717, 1.165) is 25.9 Å². The number of hydrogen-bond donors (Lipinski definition) is 2. The van der Waals surface area contributed by atoms with E-state index in [4.69, 9.17) is 4.74 Å². The number of piperidine rings is 1. The van der Waals surface area contributed by atoms with Gasteiger partial charge in [0.2, 0.25) is 10.0 Å². The molecule has 0 aromatic heterocycles. The maximum Gasteiger partial charge on any atom is 0.412 e. The molecule has 7 nitrogen and oxygen atoms in total. The molecular formula is C18H29N3O4S. The fourth-order valence-corrected chi connectivity index (χ4v) is 3.80. The van der Waals surface area contributed by atoms with Crippen molar-refractivity contribution in [3.8, 4) is 0 Å². The van der Waals surface area contributed by atoms with Crippen molar-refractivity contribution < 1.29 is 17.9 Å². The van der Waals surface area contributed by atoms with E-state index >= 15 is 0 Å². The minimum Gasteiger partial charge on any atom is -0.444 e. The third-order valence-electron chi connectivity index (χ3n) is 3.93. The number of anilines is 2. The molecular weight excluding hydrogens is 354 g/mol. The van der Waals surface area contributed by atoms with Gasteiger partial charge >= 0.3 is 6.09 Å². The molecule has 1 aliphatic heterocycles. The van der Waals surface area contributed by atoms with Gasteiger partial charge in [-0.15, -0.1) is 0 Å². The highest BCUT2D eigenvalue weighted by molar-refractivity contribution is 7.92. The third-order valence-corrected chi connectivity index (χ3v) is 5.20. The molecule has 0 atom stereocenters. The summed E-state index contributed by atoms with van der Waals surface area (Å²) in [4.78, 5) is 13.9. The fourth-order valence-electron chi connectivity index (χ4n) is 2.71. The average Bonchev–Trinajstić information content (AvgIpc) is 2.54. The van der Waals surface area contributed by atoms with Crippen molar-refractivity contribution in [2.45, 2.75) is 45.6 Å². The first-order valence-electron chi connectivity index (χ1n) is 8.96. The van der Waals surface area contributed by atoms with Gasteiger partial charge in [-0.25, -0.2) is 13.2 Å². The summed E-state index contributed by atoms with van der Waals surface area (Å²) in [6, 6.07) is 6.50. The summed E-state index contributed by atoms with van der Waals surface area (Å²) in [6.07, 6.45) is 2.96. The smallest absolute Gasteiger partial charge is 0.412 e. The maximum absolute atomic E-state index is 12.2. The zero-order valence-corrected chi connectivity index (χ0v) is 16.6. The molecule has 1 saturated heterocycles. The van der Waals surface area contributed by atoms with Crippen LogP contribution in [0.25, 0.3) is 0 Å². The molecule has 0 saturated carbocycles. The van der Waals surface area contributed by atoms with E-state index in [1.807, 2.05) is 0 Å². The van der Waals surface area contributed by atoms with E-state index in [9.17, 15) is 13.2 Å². The van der Waals surface area contributed by atoms with Crippen molar-refractivity contribution in [2.24, 2.45) is 0 Å². The van der Waals surface area contributed by atoms with Crippen molar-refractivity contribution in [3.05, 3.63) is 24.3 Å². The molecule has 1 heterocycles. The predicted octanol–water partition coefficient (Wildman–Crippen LogP) is 3.26. The van der Waals surface area contributed by atoms with Crippen LogP contribution in [-0.2, 0) is 14.8 Å². The molecule has 0 bridgehead atoms. The molecule has 0 radical (unpaired) electrons. The van der Waals surface area contributed by atoms with Crippen LogP contribution in [0.3, 0.4) is 0 Å². The van der Waals surface area contributed by atoms with Crippen molar-refractivity contribution >= 4 is 27.5 Å². The van der Waals surface area contributed by atoms with Crippen molar-refractivity contribution in [1.29, 1.82) is 0 Å². The molecule has 0 aliphatic carbocycles. The van der Waals surface area contributed by atoms with Gasteiger partial charge in [-0.05, 0) is 71.0 Å². The fraction of sp³-hybridized carbons (Fsp3) is 0.611. The van der Waals surface area contributed by atoms with E-state index in [1.165, 1.54) is 6.42 Å². The summed E-state index contributed by atoms with van der Waals surface area (Å²) in [5.41, 5.74) is 0.433. The topological polar surface area (TPSA) is 87.7 Å². The number of carbonyl (C=O) groups excluding carboxylic acids is 1. The van der Waals surface area contributed by atoms with Crippen LogP contribution in [0.2, 0.25) is 0 Å². The molecule has 1 amide bonds. The molecule has 2 N–H and O–H groups in total. The molecule has 1 aromatic rings. The zero-order chi connectivity index (χ0) is 19.2. The number of hydrogen-bond acceptors (Lipinski definition) is 5. The summed E-state index contributed by atoms with van der Waals surface area (Å²) in [6.45, 7) is 7.85. The molecule has 1 fully saturated rings. The van der Waals surface area contributed by atoms with Gasteiger partial charge in [-0.1, -0.05) is 6.42 Å². The Morgan fingerprint density at radius 2 is 1.65 bits per heavy atom. The Balaban J connectivity index is 1.84. The Bertz CT molecular complexity index is 690. The highest BCUT2D eigenvalue weighted by Crippen LogP contribution is 2.17. The number of amides is 1. The minimum atomic E-state index is -3.40. The van der Waals surface area contributed by atoms with Crippen LogP contribution < -0.4 is 10.0 Å². The lowest BCUT2D eigenvalue weighted by Gasteiger charge is -2.26. The third kappa shape index (κ3) is 7.61. The largest absolute Gasteiger partial charge is 0.444 e. The number of carbonyl (C=O) groups is 1.